The van der Waals surface area contributed by atoms with E-state index in [0.717, 1.165) is 22.5 Å². The number of aromatic nitrogens is 1. The van der Waals surface area contributed by atoms with Gasteiger partial charge in [0.05, 0.1) is 0 Å². The van der Waals surface area contributed by atoms with Crippen molar-refractivity contribution in [3.8, 4) is 0 Å². The molecule has 0 spiro atoms. The van der Waals surface area contributed by atoms with Crippen molar-refractivity contribution in [3.63, 3.8) is 0 Å². The molecule has 0 aliphatic heterocycles. The molecule has 148 valence electrons. The number of ketones is 1. The highest BCUT2D eigenvalue weighted by atomic mass is 19.1. The summed E-state index contributed by atoms with van der Waals surface area (Å²) in [4.78, 5) is 24.4. The van der Waals surface area contributed by atoms with Crippen LogP contribution >= 0.6 is 0 Å². The first-order valence-electron chi connectivity index (χ1n) is 9.28. The van der Waals surface area contributed by atoms with Gasteiger partial charge in [0, 0.05) is 29.6 Å². The summed E-state index contributed by atoms with van der Waals surface area (Å²) in [7, 11) is 0. The van der Waals surface area contributed by atoms with Gasteiger partial charge in [-0.3, -0.25) is 4.79 Å². The molecule has 5 heteroatoms. The summed E-state index contributed by atoms with van der Waals surface area (Å²) >= 11 is 0. The van der Waals surface area contributed by atoms with E-state index >= 15 is 0 Å². The van der Waals surface area contributed by atoms with E-state index in [1.54, 1.807) is 24.3 Å². The van der Waals surface area contributed by atoms with E-state index in [1.807, 2.05) is 48.7 Å². The monoisotopic (exact) mass is 391 g/mol. The second-order valence-electron chi connectivity index (χ2n) is 6.77. The Bertz CT molecular complexity index is 1030. The van der Waals surface area contributed by atoms with Gasteiger partial charge in [-0.1, -0.05) is 42.5 Å². The Labute approximate surface area is 169 Å². The lowest BCUT2D eigenvalue weighted by molar-refractivity contribution is -0.136. The SMILES string of the molecule is Cc1cc(C(=O)COC(=O)/C=C/c2ccccc2)c(C)n1Cc1ccc(F)cc1. The Hall–Kier alpha value is -3.47. The Morgan fingerprint density at radius 1 is 1.03 bits per heavy atom. The fourth-order valence-electron chi connectivity index (χ4n) is 3.09. The maximum absolute atomic E-state index is 13.1. The second kappa shape index (κ2) is 9.15. The van der Waals surface area contributed by atoms with E-state index in [9.17, 15) is 14.0 Å². The Kier molecular flexibility index (Phi) is 6.39. The summed E-state index contributed by atoms with van der Waals surface area (Å²) in [6.07, 6.45) is 2.95. The van der Waals surface area contributed by atoms with Crippen LogP contribution in [0.25, 0.3) is 6.08 Å². The molecule has 2 aromatic carbocycles. The molecule has 0 fully saturated rings. The first kappa shape index (κ1) is 20.3. The smallest absolute Gasteiger partial charge is 0.331 e. The number of halogens is 1. The van der Waals surface area contributed by atoms with Gasteiger partial charge >= 0.3 is 5.97 Å². The normalized spacial score (nSPS) is 11.0. The molecule has 0 amide bonds. The van der Waals surface area contributed by atoms with Crippen molar-refractivity contribution in [2.24, 2.45) is 0 Å². The largest absolute Gasteiger partial charge is 0.454 e. The molecular formula is C24H22FNO3. The van der Waals surface area contributed by atoms with Crippen LogP contribution < -0.4 is 0 Å². The zero-order valence-corrected chi connectivity index (χ0v) is 16.4. The predicted octanol–water partition coefficient (Wildman–Crippen LogP) is 4.73. The summed E-state index contributed by atoms with van der Waals surface area (Å²) in [6, 6.07) is 17.4. The number of benzene rings is 2. The molecule has 0 unspecified atom stereocenters. The summed E-state index contributed by atoms with van der Waals surface area (Å²) in [5, 5.41) is 0. The summed E-state index contributed by atoms with van der Waals surface area (Å²) in [5.41, 5.74) is 4.02. The minimum Gasteiger partial charge on any atom is -0.454 e. The number of esters is 1. The lowest BCUT2D eigenvalue weighted by Crippen LogP contribution is -2.13. The highest BCUT2D eigenvalue weighted by Gasteiger charge is 2.17. The van der Waals surface area contributed by atoms with Gasteiger partial charge in [-0.15, -0.1) is 0 Å². The third-order valence-electron chi connectivity index (χ3n) is 4.68. The fraction of sp³-hybridized carbons (Fsp3) is 0.167. The number of carbonyl (C=O) groups excluding carboxylic acids is 2. The van der Waals surface area contributed by atoms with Gasteiger partial charge < -0.3 is 9.30 Å². The zero-order chi connectivity index (χ0) is 20.8. The van der Waals surface area contributed by atoms with Crippen molar-refractivity contribution in [1.29, 1.82) is 0 Å². The predicted molar refractivity (Wildman–Crippen MR) is 110 cm³/mol. The Morgan fingerprint density at radius 3 is 2.41 bits per heavy atom. The minimum absolute atomic E-state index is 0.259. The van der Waals surface area contributed by atoms with E-state index in [-0.39, 0.29) is 18.2 Å². The average molecular weight is 391 g/mol. The van der Waals surface area contributed by atoms with Crippen molar-refractivity contribution in [2.75, 3.05) is 6.61 Å². The number of carbonyl (C=O) groups is 2. The number of nitrogens with zero attached hydrogens (tertiary/aromatic N) is 1. The molecule has 29 heavy (non-hydrogen) atoms. The zero-order valence-electron chi connectivity index (χ0n) is 16.4. The van der Waals surface area contributed by atoms with Gasteiger partial charge in [0.15, 0.2) is 6.61 Å². The number of ether oxygens (including phenoxy) is 1. The van der Waals surface area contributed by atoms with Crippen LogP contribution in [-0.2, 0) is 16.1 Å². The lowest BCUT2D eigenvalue weighted by Gasteiger charge is -2.10. The minimum atomic E-state index is -0.567. The fourth-order valence-corrected chi connectivity index (χ4v) is 3.09. The quantitative estimate of drug-likeness (QED) is 0.332. The third kappa shape index (κ3) is 5.29. The standard InChI is InChI=1S/C24H22FNO3/c1-17-14-22(18(2)26(17)15-20-8-11-21(25)12-9-20)23(27)16-29-24(28)13-10-19-6-4-3-5-7-19/h3-14H,15-16H2,1-2H3/b13-10+. The van der Waals surface area contributed by atoms with Crippen molar-refractivity contribution in [3.05, 3.63) is 101 Å². The van der Waals surface area contributed by atoms with Crippen LogP contribution in [0.1, 0.15) is 32.9 Å². The van der Waals surface area contributed by atoms with Gasteiger partial charge in [-0.2, -0.15) is 0 Å². The van der Waals surface area contributed by atoms with Crippen LogP contribution in [0.5, 0.6) is 0 Å². The number of rotatable bonds is 7. The van der Waals surface area contributed by atoms with Gasteiger partial charge in [-0.05, 0) is 49.2 Å². The van der Waals surface area contributed by atoms with E-state index < -0.39 is 5.97 Å². The number of aryl methyl sites for hydroxylation is 1. The first-order valence-corrected chi connectivity index (χ1v) is 9.28. The molecule has 0 atom stereocenters. The molecule has 3 rings (SSSR count). The molecule has 4 nitrogen and oxygen atoms in total. The van der Waals surface area contributed by atoms with E-state index in [4.69, 9.17) is 4.74 Å². The van der Waals surface area contributed by atoms with Crippen LogP contribution in [-0.4, -0.2) is 22.9 Å². The molecule has 0 N–H and O–H groups in total. The molecule has 3 aromatic rings. The molecule has 1 aromatic heterocycles. The van der Waals surface area contributed by atoms with E-state index in [0.29, 0.717) is 12.1 Å². The van der Waals surface area contributed by atoms with Crippen LogP contribution in [0.15, 0.2) is 66.7 Å². The summed E-state index contributed by atoms with van der Waals surface area (Å²) < 4.78 is 20.2. The third-order valence-corrected chi connectivity index (χ3v) is 4.68. The maximum Gasteiger partial charge on any atom is 0.331 e. The van der Waals surface area contributed by atoms with Crippen molar-refractivity contribution in [2.45, 2.75) is 20.4 Å². The van der Waals surface area contributed by atoms with Crippen molar-refractivity contribution in [1.82, 2.24) is 4.57 Å². The number of hydrogen-bond acceptors (Lipinski definition) is 3. The highest BCUT2D eigenvalue weighted by molar-refractivity contribution is 6.00. The van der Waals surface area contributed by atoms with Gasteiger partial charge in [-0.25, -0.2) is 9.18 Å². The van der Waals surface area contributed by atoms with Gasteiger partial charge in [0.2, 0.25) is 5.78 Å². The molecule has 0 aliphatic carbocycles. The van der Waals surface area contributed by atoms with Gasteiger partial charge in [0.1, 0.15) is 5.82 Å². The molecule has 0 saturated heterocycles. The number of hydrogen-bond donors (Lipinski definition) is 0. The maximum atomic E-state index is 13.1. The van der Waals surface area contributed by atoms with Crippen LogP contribution in [0.4, 0.5) is 4.39 Å². The molecule has 0 bridgehead atoms. The lowest BCUT2D eigenvalue weighted by atomic mass is 10.1. The first-order chi connectivity index (χ1) is 13.9. The van der Waals surface area contributed by atoms with Crippen LogP contribution in [0, 0.1) is 19.7 Å². The summed E-state index contributed by atoms with van der Waals surface area (Å²) in [5.74, 6) is -1.11. The second-order valence-corrected chi connectivity index (χ2v) is 6.77. The molecule has 0 radical (unpaired) electrons. The van der Waals surface area contributed by atoms with E-state index in [1.165, 1.54) is 18.2 Å². The molecule has 0 aliphatic rings. The Balaban J connectivity index is 1.63. The molecule has 0 saturated carbocycles. The highest BCUT2D eigenvalue weighted by Crippen LogP contribution is 2.18. The van der Waals surface area contributed by atoms with Crippen molar-refractivity contribution < 1.29 is 18.7 Å². The van der Waals surface area contributed by atoms with Crippen molar-refractivity contribution >= 4 is 17.8 Å². The van der Waals surface area contributed by atoms with E-state index in [2.05, 4.69) is 0 Å². The molecular weight excluding hydrogens is 369 g/mol. The van der Waals surface area contributed by atoms with Crippen LogP contribution in [0.3, 0.4) is 0 Å². The summed E-state index contributed by atoms with van der Waals surface area (Å²) in [6.45, 7) is 3.96. The average Bonchev–Trinajstić information content (AvgIpc) is 3.01. The molecule has 1 heterocycles. The van der Waals surface area contributed by atoms with Crippen LogP contribution in [0.2, 0.25) is 0 Å². The Morgan fingerprint density at radius 2 is 1.72 bits per heavy atom. The van der Waals surface area contributed by atoms with Gasteiger partial charge in [0.25, 0.3) is 0 Å². The number of Topliss-reactive ketones (excluding diaryl/α,β-unsaturated/α-hetero) is 1. The topological polar surface area (TPSA) is 48.3 Å².